The van der Waals surface area contributed by atoms with Crippen molar-refractivity contribution >= 4 is 44.1 Å². The molecule has 0 saturated heterocycles. The van der Waals surface area contributed by atoms with Crippen molar-refractivity contribution in [1.82, 2.24) is 19.5 Å². The predicted molar refractivity (Wildman–Crippen MR) is 110 cm³/mol. The number of rotatable bonds is 8. The van der Waals surface area contributed by atoms with Gasteiger partial charge in [0.1, 0.15) is 0 Å². The number of carboxylic acids is 1. The Kier molecular flexibility index (Phi) is 6.23. The lowest BCUT2D eigenvalue weighted by atomic mass is 10.1. The maximum Gasteiger partial charge on any atom is 0.330 e. The average Bonchev–Trinajstić information content (AvgIpc) is 2.65. The molecule has 3 rings (SSSR count). The summed E-state index contributed by atoms with van der Waals surface area (Å²) in [6.45, 7) is 2.23. The van der Waals surface area contributed by atoms with Crippen molar-refractivity contribution in [1.29, 1.82) is 0 Å². The van der Waals surface area contributed by atoms with Gasteiger partial charge in [-0.05, 0) is 43.0 Å². The number of aromatic amines is 1. The molecule has 9 heteroatoms. The summed E-state index contributed by atoms with van der Waals surface area (Å²) in [5.74, 6) is -0.813. The van der Waals surface area contributed by atoms with Crippen molar-refractivity contribution in [2.75, 3.05) is 0 Å². The van der Waals surface area contributed by atoms with Gasteiger partial charge < -0.3 is 5.11 Å². The van der Waals surface area contributed by atoms with E-state index in [1.165, 1.54) is 0 Å². The largest absolute Gasteiger partial charge is 0.481 e. The molecule has 0 saturated carbocycles. The maximum absolute atomic E-state index is 12.8. The van der Waals surface area contributed by atoms with E-state index >= 15 is 0 Å². The first-order valence-electron chi connectivity index (χ1n) is 9.12. The minimum atomic E-state index is -0.813. The topological polar surface area (TPSA) is 118 Å². The van der Waals surface area contributed by atoms with Crippen molar-refractivity contribution in [2.45, 2.75) is 50.9 Å². The standard InChI is InChI=1S/C19H21BrN4O4/c1-11-8-13-14(9-12(11)10-20)22-17-16(21-13)18(27)24(19(28)23-17)7-5-3-2-4-6-15(25)26/h8-9H,2-7,10H2,1H3,(H,25,26)(H,22,23,28). The summed E-state index contributed by atoms with van der Waals surface area (Å²) in [7, 11) is 0. The van der Waals surface area contributed by atoms with Crippen LogP contribution in [-0.2, 0) is 16.7 Å². The molecule has 0 aliphatic rings. The van der Waals surface area contributed by atoms with Gasteiger partial charge in [-0.15, -0.1) is 0 Å². The number of benzene rings is 1. The molecule has 0 unspecified atom stereocenters. The van der Waals surface area contributed by atoms with Crippen LogP contribution in [-0.4, -0.2) is 30.6 Å². The van der Waals surface area contributed by atoms with Crippen LogP contribution in [0.5, 0.6) is 0 Å². The van der Waals surface area contributed by atoms with Gasteiger partial charge >= 0.3 is 11.7 Å². The Morgan fingerprint density at radius 1 is 1.14 bits per heavy atom. The Bertz CT molecular complexity index is 1150. The van der Waals surface area contributed by atoms with Gasteiger partial charge in [-0.25, -0.2) is 14.8 Å². The average molecular weight is 449 g/mol. The quantitative estimate of drug-likeness (QED) is 0.310. The minimum Gasteiger partial charge on any atom is -0.481 e. The van der Waals surface area contributed by atoms with Gasteiger partial charge in [-0.3, -0.25) is 19.1 Å². The molecule has 148 valence electrons. The number of carbonyl (C=O) groups is 1. The first-order valence-corrected chi connectivity index (χ1v) is 10.2. The Hall–Kier alpha value is -2.55. The molecule has 2 N–H and O–H groups in total. The Morgan fingerprint density at radius 2 is 1.86 bits per heavy atom. The highest BCUT2D eigenvalue weighted by atomic mass is 79.9. The van der Waals surface area contributed by atoms with Crippen LogP contribution in [0.4, 0.5) is 0 Å². The number of aromatic nitrogens is 4. The van der Waals surface area contributed by atoms with E-state index in [2.05, 4.69) is 30.9 Å². The van der Waals surface area contributed by atoms with Crippen molar-refractivity contribution in [2.24, 2.45) is 0 Å². The van der Waals surface area contributed by atoms with Gasteiger partial charge in [0.05, 0.1) is 11.0 Å². The number of nitrogens with one attached hydrogen (secondary N) is 1. The second kappa shape index (κ2) is 8.64. The van der Waals surface area contributed by atoms with Crippen LogP contribution in [0.2, 0.25) is 0 Å². The molecule has 28 heavy (non-hydrogen) atoms. The maximum atomic E-state index is 12.8. The summed E-state index contributed by atoms with van der Waals surface area (Å²) in [6, 6.07) is 3.78. The smallest absolute Gasteiger partial charge is 0.330 e. The van der Waals surface area contributed by atoms with E-state index in [-0.39, 0.29) is 24.1 Å². The summed E-state index contributed by atoms with van der Waals surface area (Å²) in [5, 5.41) is 9.32. The second-order valence-electron chi connectivity index (χ2n) is 6.77. The monoisotopic (exact) mass is 448 g/mol. The lowest BCUT2D eigenvalue weighted by Gasteiger charge is -2.08. The van der Waals surface area contributed by atoms with E-state index in [9.17, 15) is 14.4 Å². The number of alkyl halides is 1. The summed E-state index contributed by atoms with van der Waals surface area (Å²) >= 11 is 3.43. The van der Waals surface area contributed by atoms with Crippen LogP contribution in [0.15, 0.2) is 21.7 Å². The van der Waals surface area contributed by atoms with Crippen LogP contribution in [0.3, 0.4) is 0 Å². The Morgan fingerprint density at radius 3 is 2.57 bits per heavy atom. The molecule has 0 atom stereocenters. The lowest BCUT2D eigenvalue weighted by molar-refractivity contribution is -0.137. The molecule has 0 bridgehead atoms. The van der Waals surface area contributed by atoms with Gasteiger partial charge in [-0.2, -0.15) is 0 Å². The Balaban J connectivity index is 1.88. The molecule has 0 aliphatic carbocycles. The molecule has 2 heterocycles. The number of H-pyrrole nitrogens is 1. The highest BCUT2D eigenvalue weighted by Crippen LogP contribution is 2.20. The molecule has 0 spiro atoms. The summed E-state index contributed by atoms with van der Waals surface area (Å²) in [6.07, 6.45) is 2.82. The van der Waals surface area contributed by atoms with Crippen molar-refractivity contribution in [3.8, 4) is 0 Å². The molecular weight excluding hydrogens is 428 g/mol. The van der Waals surface area contributed by atoms with Crippen LogP contribution in [0.1, 0.15) is 43.2 Å². The minimum absolute atomic E-state index is 0.134. The van der Waals surface area contributed by atoms with E-state index in [0.29, 0.717) is 29.2 Å². The number of aryl methyl sites for hydroxylation is 1. The summed E-state index contributed by atoms with van der Waals surface area (Å²) < 4.78 is 1.14. The van der Waals surface area contributed by atoms with Gasteiger partial charge in [0.15, 0.2) is 11.2 Å². The van der Waals surface area contributed by atoms with Crippen LogP contribution in [0.25, 0.3) is 22.2 Å². The molecule has 8 nitrogen and oxygen atoms in total. The Labute approximate surface area is 168 Å². The SMILES string of the molecule is Cc1cc2nc3c(=O)n(CCCCCCC(=O)O)c(=O)[nH]c3nc2cc1CBr. The van der Waals surface area contributed by atoms with Crippen molar-refractivity contribution in [3.05, 3.63) is 44.1 Å². The van der Waals surface area contributed by atoms with E-state index in [1.807, 2.05) is 19.1 Å². The number of hydrogen-bond donors (Lipinski definition) is 2. The molecule has 3 aromatic rings. The lowest BCUT2D eigenvalue weighted by Crippen LogP contribution is -2.35. The molecule has 0 aliphatic heterocycles. The number of hydrogen-bond acceptors (Lipinski definition) is 5. The van der Waals surface area contributed by atoms with E-state index in [4.69, 9.17) is 5.11 Å². The fourth-order valence-electron chi connectivity index (χ4n) is 3.12. The number of halogens is 1. The number of nitrogens with zero attached hydrogens (tertiary/aromatic N) is 3. The number of unbranched alkanes of at least 4 members (excludes halogenated alkanes) is 3. The highest BCUT2D eigenvalue weighted by Gasteiger charge is 2.12. The first kappa shape index (κ1) is 20.2. The molecule has 0 fully saturated rings. The summed E-state index contributed by atoms with van der Waals surface area (Å²) in [5.41, 5.74) is 2.71. The number of aliphatic carboxylic acids is 1. The fraction of sp³-hybridized carbons (Fsp3) is 0.421. The third-order valence-electron chi connectivity index (χ3n) is 4.71. The zero-order valence-corrected chi connectivity index (χ0v) is 17.1. The van der Waals surface area contributed by atoms with Crippen LogP contribution >= 0.6 is 15.9 Å². The van der Waals surface area contributed by atoms with Gasteiger partial charge in [0, 0.05) is 18.3 Å². The molecule has 2 aromatic heterocycles. The third kappa shape index (κ3) is 4.30. The van der Waals surface area contributed by atoms with E-state index in [1.54, 1.807) is 0 Å². The van der Waals surface area contributed by atoms with Gasteiger partial charge in [-0.1, -0.05) is 28.8 Å². The van der Waals surface area contributed by atoms with Crippen LogP contribution in [0, 0.1) is 6.92 Å². The number of carboxylic acid groups (broad SMARTS) is 1. The number of fused-ring (bicyclic) bond motifs is 2. The normalized spacial score (nSPS) is 11.4. The van der Waals surface area contributed by atoms with Gasteiger partial charge in [0.2, 0.25) is 0 Å². The molecule has 1 aromatic carbocycles. The molecule has 0 radical (unpaired) electrons. The second-order valence-corrected chi connectivity index (χ2v) is 7.33. The predicted octanol–water partition coefficient (Wildman–Crippen LogP) is 2.87. The van der Waals surface area contributed by atoms with E-state index < -0.39 is 17.2 Å². The fourth-order valence-corrected chi connectivity index (χ4v) is 3.73. The van der Waals surface area contributed by atoms with Gasteiger partial charge in [0.25, 0.3) is 5.56 Å². The molecule has 0 amide bonds. The molecular formula is C19H21BrN4O4. The highest BCUT2D eigenvalue weighted by molar-refractivity contribution is 9.08. The zero-order valence-electron chi connectivity index (χ0n) is 15.5. The van der Waals surface area contributed by atoms with Crippen molar-refractivity contribution < 1.29 is 9.90 Å². The zero-order chi connectivity index (χ0) is 20.3. The summed E-state index contributed by atoms with van der Waals surface area (Å²) in [4.78, 5) is 47.1. The third-order valence-corrected chi connectivity index (χ3v) is 5.31. The van der Waals surface area contributed by atoms with E-state index in [0.717, 1.165) is 28.5 Å². The van der Waals surface area contributed by atoms with Crippen molar-refractivity contribution in [3.63, 3.8) is 0 Å². The first-order chi connectivity index (χ1) is 13.4. The van der Waals surface area contributed by atoms with Crippen LogP contribution < -0.4 is 11.2 Å².